The first kappa shape index (κ1) is 11.7. The Kier molecular flexibility index (Phi) is 2.60. The Balaban J connectivity index is 1.96. The van der Waals surface area contributed by atoms with Crippen LogP contribution in [0.15, 0.2) is 0 Å². The van der Waals surface area contributed by atoms with Crippen molar-refractivity contribution in [3.8, 4) is 0 Å². The van der Waals surface area contributed by atoms with E-state index in [1.165, 1.54) is 6.67 Å². The molecule has 0 spiro atoms. The maximum atomic E-state index is 13.0. The Morgan fingerprint density at radius 1 is 0.941 bits per heavy atom. The summed E-state index contributed by atoms with van der Waals surface area (Å²) in [5.74, 6) is 0.654. The van der Waals surface area contributed by atoms with Gasteiger partial charge in [0.15, 0.2) is 5.78 Å². The smallest absolute Gasteiger partial charge is 0.204 e. The van der Waals surface area contributed by atoms with Crippen molar-refractivity contribution in [3.05, 3.63) is 0 Å². The summed E-state index contributed by atoms with van der Waals surface area (Å²) >= 11 is 0. The first-order valence-corrected chi connectivity index (χ1v) is 7.36. The van der Waals surface area contributed by atoms with Gasteiger partial charge in [-0.3, -0.25) is 14.6 Å². The molecule has 0 unspecified atom stereocenters. The third-order valence-electron chi connectivity index (χ3n) is 5.27. The molecule has 4 heterocycles. The molecule has 0 aromatic heterocycles. The Morgan fingerprint density at radius 3 is 1.71 bits per heavy atom. The molecule has 2 N–H and O–H groups in total. The Morgan fingerprint density at radius 2 is 1.35 bits per heavy atom. The number of nitrogens with one attached hydrogen (secondary N) is 2. The minimum atomic E-state index is 0.0589. The van der Waals surface area contributed by atoms with E-state index in [9.17, 15) is 4.79 Å². The van der Waals surface area contributed by atoms with Gasteiger partial charge in [-0.1, -0.05) is 26.7 Å². The highest BCUT2D eigenvalue weighted by Crippen LogP contribution is 2.40. The van der Waals surface area contributed by atoms with E-state index in [0.29, 0.717) is 5.78 Å². The van der Waals surface area contributed by atoms with Crippen LogP contribution in [0, 0.1) is 10.8 Å². The lowest BCUT2D eigenvalue weighted by Gasteiger charge is -2.57. The minimum Gasteiger partial charge on any atom is -0.297 e. The van der Waals surface area contributed by atoms with Crippen molar-refractivity contribution in [2.24, 2.45) is 10.8 Å². The number of hydrogen-bond donors (Lipinski definition) is 2. The van der Waals surface area contributed by atoms with E-state index < -0.39 is 0 Å². The zero-order valence-corrected chi connectivity index (χ0v) is 11.3. The fourth-order valence-electron chi connectivity index (χ4n) is 5.19. The van der Waals surface area contributed by atoms with Crippen LogP contribution < -0.4 is 9.80 Å². The molecule has 17 heavy (non-hydrogen) atoms. The Labute approximate surface area is 104 Å². The number of carbonyl (C=O) groups excluding carboxylic acids is 1. The van der Waals surface area contributed by atoms with Crippen LogP contribution in [0.3, 0.4) is 0 Å². The van der Waals surface area contributed by atoms with E-state index >= 15 is 0 Å². The predicted octanol–water partition coefficient (Wildman–Crippen LogP) is -1.10. The number of quaternary nitrogens is 2. The zero-order valence-electron chi connectivity index (χ0n) is 11.3. The standard InChI is InChI=1S/C14H24N2O/c1-3-5-13-7-15-9-14(6-4-2,12(13)17)10-16(8-13)11-15/h3-11H2,1-2H3/p+2. The monoisotopic (exact) mass is 238 g/mol. The van der Waals surface area contributed by atoms with E-state index in [4.69, 9.17) is 0 Å². The first-order chi connectivity index (χ1) is 8.14. The van der Waals surface area contributed by atoms with E-state index in [0.717, 1.165) is 51.9 Å². The molecular formula is C14H26N2O+2. The van der Waals surface area contributed by atoms with E-state index in [2.05, 4.69) is 13.8 Å². The molecule has 4 rings (SSSR count). The average Bonchev–Trinajstić information content (AvgIpc) is 2.25. The van der Waals surface area contributed by atoms with Crippen molar-refractivity contribution < 1.29 is 14.6 Å². The molecule has 0 aromatic carbocycles. The number of piperidine rings is 2. The van der Waals surface area contributed by atoms with Crippen LogP contribution in [0.4, 0.5) is 0 Å². The molecule has 96 valence electrons. The summed E-state index contributed by atoms with van der Waals surface area (Å²) in [4.78, 5) is 16.4. The molecule has 4 aliphatic rings. The maximum Gasteiger partial charge on any atom is 0.204 e. The summed E-state index contributed by atoms with van der Waals surface area (Å²) in [6, 6.07) is 0. The van der Waals surface area contributed by atoms with Gasteiger partial charge in [0.1, 0.15) is 10.8 Å². The summed E-state index contributed by atoms with van der Waals surface area (Å²) in [6.07, 6.45) is 4.58. The number of Topliss-reactive ketones (excluding diaryl/α,β-unsaturated/α-hetero) is 1. The van der Waals surface area contributed by atoms with Gasteiger partial charge in [-0.25, -0.2) is 0 Å². The third kappa shape index (κ3) is 1.52. The molecule has 0 radical (unpaired) electrons. The molecule has 4 saturated heterocycles. The summed E-state index contributed by atoms with van der Waals surface area (Å²) in [5.41, 5.74) is 0.118. The zero-order chi connectivity index (χ0) is 12.1. The van der Waals surface area contributed by atoms with Gasteiger partial charge in [0.05, 0.1) is 26.2 Å². The highest BCUT2D eigenvalue weighted by molar-refractivity contribution is 5.92. The van der Waals surface area contributed by atoms with E-state index in [-0.39, 0.29) is 10.8 Å². The second kappa shape index (κ2) is 3.79. The molecule has 0 amide bonds. The van der Waals surface area contributed by atoms with Crippen molar-refractivity contribution >= 4 is 5.78 Å². The largest absolute Gasteiger partial charge is 0.297 e. The molecule has 0 atom stereocenters. The molecule has 3 nitrogen and oxygen atoms in total. The minimum absolute atomic E-state index is 0.0589. The highest BCUT2D eigenvalue weighted by Gasteiger charge is 2.67. The molecule has 0 aliphatic carbocycles. The summed E-state index contributed by atoms with van der Waals surface area (Å²) in [5, 5.41) is 0. The van der Waals surface area contributed by atoms with Crippen LogP contribution in [0.1, 0.15) is 39.5 Å². The maximum absolute atomic E-state index is 13.0. The van der Waals surface area contributed by atoms with Crippen LogP contribution in [0.2, 0.25) is 0 Å². The number of carbonyl (C=O) groups is 1. The third-order valence-corrected chi connectivity index (χ3v) is 5.27. The van der Waals surface area contributed by atoms with E-state index in [1.54, 1.807) is 9.80 Å². The summed E-state index contributed by atoms with van der Waals surface area (Å²) in [6.45, 7) is 10.3. The predicted molar refractivity (Wildman–Crippen MR) is 65.9 cm³/mol. The molecule has 3 heteroatoms. The molecule has 0 saturated carbocycles. The van der Waals surface area contributed by atoms with Crippen molar-refractivity contribution in [1.29, 1.82) is 0 Å². The summed E-state index contributed by atoms with van der Waals surface area (Å²) in [7, 11) is 0. The fraction of sp³-hybridized carbons (Fsp3) is 0.929. The van der Waals surface area contributed by atoms with Gasteiger partial charge >= 0.3 is 0 Å². The van der Waals surface area contributed by atoms with Gasteiger partial charge in [-0.2, -0.15) is 0 Å². The summed E-state index contributed by atoms with van der Waals surface area (Å²) < 4.78 is 0. The highest BCUT2D eigenvalue weighted by atomic mass is 16.1. The number of hydrogen-bond acceptors (Lipinski definition) is 1. The van der Waals surface area contributed by atoms with Crippen LogP contribution in [0.25, 0.3) is 0 Å². The second-order valence-corrected chi connectivity index (χ2v) is 6.77. The van der Waals surface area contributed by atoms with Gasteiger partial charge in [-0.15, -0.1) is 0 Å². The normalized spacial score (nSPS) is 47.8. The van der Waals surface area contributed by atoms with Gasteiger partial charge < -0.3 is 0 Å². The van der Waals surface area contributed by atoms with Crippen LogP contribution >= 0.6 is 0 Å². The Bertz CT molecular complexity index is 297. The number of rotatable bonds is 4. The molecule has 4 bridgehead atoms. The lowest BCUT2D eigenvalue weighted by Crippen LogP contribution is -3.41. The quantitative estimate of drug-likeness (QED) is 0.639. The average molecular weight is 238 g/mol. The lowest BCUT2D eigenvalue weighted by atomic mass is 9.58. The molecular weight excluding hydrogens is 212 g/mol. The SMILES string of the molecule is CCCC12C[NH+]3C[NH+](C1)CC(CCC)(C3)C2=O. The van der Waals surface area contributed by atoms with Gasteiger partial charge in [-0.05, 0) is 12.8 Å². The lowest BCUT2D eigenvalue weighted by molar-refractivity contribution is -1.14. The van der Waals surface area contributed by atoms with Crippen molar-refractivity contribution in [2.75, 3.05) is 32.8 Å². The second-order valence-electron chi connectivity index (χ2n) is 6.77. The first-order valence-electron chi connectivity index (χ1n) is 7.36. The fourth-order valence-corrected chi connectivity index (χ4v) is 5.19. The molecule has 4 fully saturated rings. The van der Waals surface area contributed by atoms with Crippen molar-refractivity contribution in [1.82, 2.24) is 0 Å². The van der Waals surface area contributed by atoms with Crippen LogP contribution in [0.5, 0.6) is 0 Å². The molecule has 4 aliphatic heterocycles. The van der Waals surface area contributed by atoms with E-state index in [1.807, 2.05) is 0 Å². The van der Waals surface area contributed by atoms with Crippen LogP contribution in [-0.4, -0.2) is 38.6 Å². The Hall–Kier alpha value is -0.410. The van der Waals surface area contributed by atoms with Crippen LogP contribution in [-0.2, 0) is 4.79 Å². The number of ketones is 1. The van der Waals surface area contributed by atoms with Crippen molar-refractivity contribution in [3.63, 3.8) is 0 Å². The topological polar surface area (TPSA) is 26.0 Å². The molecule has 0 aromatic rings. The van der Waals surface area contributed by atoms with Gasteiger partial charge in [0.25, 0.3) is 0 Å². The van der Waals surface area contributed by atoms with Gasteiger partial charge in [0.2, 0.25) is 6.67 Å². The van der Waals surface area contributed by atoms with Crippen molar-refractivity contribution in [2.45, 2.75) is 39.5 Å². The van der Waals surface area contributed by atoms with Gasteiger partial charge in [0, 0.05) is 0 Å².